The molecule has 0 aliphatic heterocycles. The van der Waals surface area contributed by atoms with Gasteiger partial charge in [0.15, 0.2) is 11.5 Å². The van der Waals surface area contributed by atoms with Gasteiger partial charge in [-0.1, -0.05) is 12.1 Å². The zero-order valence-electron chi connectivity index (χ0n) is 15.2. The van der Waals surface area contributed by atoms with Crippen LogP contribution in [-0.4, -0.2) is 32.3 Å². The lowest BCUT2D eigenvalue weighted by Gasteiger charge is -2.14. The molecule has 26 heavy (non-hydrogen) atoms. The predicted molar refractivity (Wildman–Crippen MR) is 104 cm³/mol. The third-order valence-electron chi connectivity index (χ3n) is 4.00. The Hall–Kier alpha value is -2.73. The molecule has 1 heterocycles. The standard InChI is InChI=1S/C20H21NO4S/c1-5-25-14-8-6-13(7-9-14)16-12-21-26-20(16)15-10-18(23-3)19(24-4)11-17(15)22-2/h6-12H,5H2,1-4H3. The Labute approximate surface area is 157 Å². The van der Waals surface area contributed by atoms with E-state index in [-0.39, 0.29) is 0 Å². The van der Waals surface area contributed by atoms with Crippen molar-refractivity contribution in [2.45, 2.75) is 6.92 Å². The molecule has 3 aromatic rings. The minimum absolute atomic E-state index is 0.625. The van der Waals surface area contributed by atoms with Gasteiger partial charge in [0.25, 0.3) is 0 Å². The monoisotopic (exact) mass is 371 g/mol. The first-order chi connectivity index (χ1) is 12.7. The summed E-state index contributed by atoms with van der Waals surface area (Å²) in [6.45, 7) is 2.62. The van der Waals surface area contributed by atoms with Crippen molar-refractivity contribution in [2.75, 3.05) is 27.9 Å². The molecule has 3 rings (SSSR count). The third kappa shape index (κ3) is 3.46. The van der Waals surface area contributed by atoms with Gasteiger partial charge >= 0.3 is 0 Å². The fourth-order valence-corrected chi connectivity index (χ4v) is 3.53. The maximum Gasteiger partial charge on any atom is 0.164 e. The Kier molecular flexibility index (Phi) is 5.63. The second-order valence-electron chi connectivity index (χ2n) is 5.43. The number of nitrogens with zero attached hydrogens (tertiary/aromatic N) is 1. The van der Waals surface area contributed by atoms with Crippen LogP contribution < -0.4 is 18.9 Å². The smallest absolute Gasteiger partial charge is 0.164 e. The average Bonchev–Trinajstić information content (AvgIpc) is 3.17. The van der Waals surface area contributed by atoms with Gasteiger partial charge in [0.05, 0.1) is 32.8 Å². The molecule has 136 valence electrons. The minimum Gasteiger partial charge on any atom is -0.496 e. The van der Waals surface area contributed by atoms with Gasteiger partial charge in [0, 0.05) is 23.4 Å². The van der Waals surface area contributed by atoms with E-state index in [1.807, 2.05) is 49.5 Å². The van der Waals surface area contributed by atoms with Crippen LogP contribution in [0.5, 0.6) is 23.0 Å². The summed E-state index contributed by atoms with van der Waals surface area (Å²) >= 11 is 1.42. The van der Waals surface area contributed by atoms with Crippen molar-refractivity contribution in [3.8, 4) is 44.6 Å². The first-order valence-corrected chi connectivity index (χ1v) is 8.97. The maximum absolute atomic E-state index is 5.58. The van der Waals surface area contributed by atoms with Crippen LogP contribution >= 0.6 is 11.5 Å². The molecule has 1 aromatic heterocycles. The van der Waals surface area contributed by atoms with Crippen LogP contribution in [0.25, 0.3) is 21.6 Å². The lowest BCUT2D eigenvalue weighted by atomic mass is 10.0. The first kappa shape index (κ1) is 18.1. The second-order valence-corrected chi connectivity index (χ2v) is 6.24. The Balaban J connectivity index is 2.08. The Bertz CT molecular complexity index is 874. The van der Waals surface area contributed by atoms with Crippen LogP contribution in [0.2, 0.25) is 0 Å². The predicted octanol–water partition coefficient (Wildman–Crippen LogP) is 4.90. The van der Waals surface area contributed by atoms with Crippen molar-refractivity contribution in [3.63, 3.8) is 0 Å². The van der Waals surface area contributed by atoms with E-state index in [1.165, 1.54) is 11.5 Å². The number of ether oxygens (including phenoxy) is 4. The molecule has 0 spiro atoms. The molecule has 0 atom stereocenters. The Morgan fingerprint density at radius 3 is 2.12 bits per heavy atom. The van der Waals surface area contributed by atoms with Crippen molar-refractivity contribution >= 4 is 11.5 Å². The molecule has 0 fully saturated rings. The zero-order chi connectivity index (χ0) is 18.5. The van der Waals surface area contributed by atoms with E-state index in [0.29, 0.717) is 23.9 Å². The number of hydrogen-bond donors (Lipinski definition) is 0. The van der Waals surface area contributed by atoms with Crippen LogP contribution in [0.3, 0.4) is 0 Å². The van der Waals surface area contributed by atoms with Gasteiger partial charge in [-0.05, 0) is 42.2 Å². The summed E-state index contributed by atoms with van der Waals surface area (Å²) in [5.74, 6) is 2.83. The fourth-order valence-electron chi connectivity index (χ4n) is 2.74. The van der Waals surface area contributed by atoms with Crippen LogP contribution in [0, 0.1) is 0 Å². The third-order valence-corrected chi connectivity index (χ3v) is 4.83. The Morgan fingerprint density at radius 2 is 1.50 bits per heavy atom. The van der Waals surface area contributed by atoms with Crippen LogP contribution in [0.4, 0.5) is 0 Å². The van der Waals surface area contributed by atoms with Gasteiger partial charge in [-0.25, -0.2) is 0 Å². The normalized spacial score (nSPS) is 10.5. The Morgan fingerprint density at radius 1 is 0.846 bits per heavy atom. The molecule has 0 saturated carbocycles. The summed E-state index contributed by atoms with van der Waals surface area (Å²) in [7, 11) is 4.87. The maximum atomic E-state index is 5.58. The molecule has 6 heteroatoms. The van der Waals surface area contributed by atoms with E-state index < -0.39 is 0 Å². The zero-order valence-corrected chi connectivity index (χ0v) is 16.1. The molecule has 5 nitrogen and oxygen atoms in total. The minimum atomic E-state index is 0.625. The van der Waals surface area contributed by atoms with Crippen molar-refractivity contribution in [3.05, 3.63) is 42.6 Å². The molecule has 0 N–H and O–H groups in total. The summed E-state index contributed by atoms with van der Waals surface area (Å²) in [5.41, 5.74) is 3.01. The number of rotatable bonds is 7. The van der Waals surface area contributed by atoms with E-state index in [1.54, 1.807) is 21.3 Å². The molecule has 0 aliphatic carbocycles. The molecule has 0 bridgehead atoms. The number of methoxy groups -OCH3 is 3. The highest BCUT2D eigenvalue weighted by Crippen LogP contribution is 2.45. The van der Waals surface area contributed by atoms with Crippen molar-refractivity contribution in [1.82, 2.24) is 4.37 Å². The number of benzene rings is 2. The highest BCUT2D eigenvalue weighted by Gasteiger charge is 2.18. The van der Waals surface area contributed by atoms with E-state index in [0.717, 1.165) is 27.3 Å². The van der Waals surface area contributed by atoms with Crippen LogP contribution in [0.15, 0.2) is 42.6 Å². The number of hydrogen-bond acceptors (Lipinski definition) is 6. The second kappa shape index (κ2) is 8.10. The largest absolute Gasteiger partial charge is 0.496 e. The quantitative estimate of drug-likeness (QED) is 0.591. The lowest BCUT2D eigenvalue weighted by Crippen LogP contribution is -1.95. The molecule has 0 aliphatic rings. The number of aromatic nitrogens is 1. The van der Waals surface area contributed by atoms with Crippen molar-refractivity contribution in [2.24, 2.45) is 0 Å². The van der Waals surface area contributed by atoms with Crippen LogP contribution in [0.1, 0.15) is 6.92 Å². The summed E-state index contributed by atoms with van der Waals surface area (Å²) in [6, 6.07) is 11.7. The van der Waals surface area contributed by atoms with Crippen molar-refractivity contribution in [1.29, 1.82) is 0 Å². The van der Waals surface area contributed by atoms with Gasteiger partial charge < -0.3 is 18.9 Å². The molecule has 0 saturated heterocycles. The molecule has 0 unspecified atom stereocenters. The SMILES string of the molecule is CCOc1ccc(-c2cnsc2-c2cc(OC)c(OC)cc2OC)cc1. The lowest BCUT2D eigenvalue weighted by molar-refractivity contribution is 0.340. The summed E-state index contributed by atoms with van der Waals surface area (Å²) < 4.78 is 26.3. The average molecular weight is 371 g/mol. The van der Waals surface area contributed by atoms with Gasteiger partial charge in [0.2, 0.25) is 0 Å². The van der Waals surface area contributed by atoms with E-state index in [2.05, 4.69) is 4.37 Å². The summed E-state index contributed by atoms with van der Waals surface area (Å²) in [6.07, 6.45) is 1.87. The molecule has 2 aromatic carbocycles. The summed E-state index contributed by atoms with van der Waals surface area (Å²) in [4.78, 5) is 1.01. The van der Waals surface area contributed by atoms with Crippen LogP contribution in [-0.2, 0) is 0 Å². The fraction of sp³-hybridized carbons (Fsp3) is 0.250. The van der Waals surface area contributed by atoms with Crippen molar-refractivity contribution < 1.29 is 18.9 Å². The molecule has 0 radical (unpaired) electrons. The molecular weight excluding hydrogens is 350 g/mol. The van der Waals surface area contributed by atoms with Gasteiger partial charge in [0.1, 0.15) is 11.5 Å². The van der Waals surface area contributed by atoms with E-state index in [4.69, 9.17) is 18.9 Å². The first-order valence-electron chi connectivity index (χ1n) is 8.20. The summed E-state index contributed by atoms with van der Waals surface area (Å²) in [5, 5.41) is 0. The van der Waals surface area contributed by atoms with Gasteiger partial charge in [-0.15, -0.1) is 0 Å². The molecular formula is C20H21NO4S. The highest BCUT2D eigenvalue weighted by molar-refractivity contribution is 7.10. The van der Waals surface area contributed by atoms with E-state index in [9.17, 15) is 0 Å². The topological polar surface area (TPSA) is 49.8 Å². The van der Waals surface area contributed by atoms with Gasteiger partial charge in [-0.3, -0.25) is 0 Å². The van der Waals surface area contributed by atoms with E-state index >= 15 is 0 Å². The highest BCUT2D eigenvalue weighted by atomic mass is 32.1. The molecule has 0 amide bonds. The van der Waals surface area contributed by atoms with Gasteiger partial charge in [-0.2, -0.15) is 4.37 Å².